The number of nitrogens with one attached hydrogen (secondary N) is 1. The van der Waals surface area contributed by atoms with E-state index in [1.54, 1.807) is 19.1 Å². The molecule has 8 rings (SSSR count). The summed E-state index contributed by atoms with van der Waals surface area (Å²) in [7, 11) is 1.42. The van der Waals surface area contributed by atoms with Crippen LogP contribution in [0, 0.1) is 12.7 Å². The quantitative estimate of drug-likeness (QED) is 0.231. The van der Waals surface area contributed by atoms with Crippen LogP contribution in [0.25, 0.3) is 33.0 Å². The number of methoxy groups -OCH3 is 1. The monoisotopic (exact) mass is 644 g/mol. The molecule has 2 saturated heterocycles. The molecule has 2 unspecified atom stereocenters. The lowest BCUT2D eigenvalue weighted by atomic mass is 9.98. The normalized spacial score (nSPS) is 18.6. The summed E-state index contributed by atoms with van der Waals surface area (Å²) in [5.74, 6) is 0.949. The Balaban J connectivity index is 0.000000334. The molecule has 5 aromatic rings. The van der Waals surface area contributed by atoms with E-state index in [2.05, 4.69) is 20.2 Å². The lowest BCUT2D eigenvalue weighted by molar-refractivity contribution is 0.170. The summed E-state index contributed by atoms with van der Waals surface area (Å²) in [5.41, 5.74) is 1.04. The Morgan fingerprint density at radius 2 is 1.94 bits per heavy atom. The molecule has 47 heavy (non-hydrogen) atoms. The molecule has 2 fully saturated rings. The maximum absolute atomic E-state index is 14.9. The summed E-state index contributed by atoms with van der Waals surface area (Å²) < 4.78 is 50.0. The highest BCUT2D eigenvalue weighted by molar-refractivity contribution is 6.00. The number of rotatable bonds is 5. The molecular weight excluding hydrogens is 610 g/mol. The maximum atomic E-state index is 14.9. The number of aromatic nitrogens is 2. The second kappa shape index (κ2) is 12.7. The van der Waals surface area contributed by atoms with Gasteiger partial charge in [0.25, 0.3) is 0 Å². The van der Waals surface area contributed by atoms with Crippen LogP contribution in [0.3, 0.4) is 0 Å². The van der Waals surface area contributed by atoms with Gasteiger partial charge in [-0.3, -0.25) is 4.90 Å². The van der Waals surface area contributed by atoms with Crippen LogP contribution in [0.2, 0.25) is 0 Å². The van der Waals surface area contributed by atoms with Crippen molar-refractivity contribution in [1.82, 2.24) is 14.9 Å². The van der Waals surface area contributed by atoms with Gasteiger partial charge in [0, 0.05) is 41.2 Å². The average Bonchev–Trinajstić information content (AvgIpc) is 3.66. The van der Waals surface area contributed by atoms with Crippen LogP contribution in [0.5, 0.6) is 23.3 Å². The van der Waals surface area contributed by atoms with E-state index < -0.39 is 17.6 Å². The molecule has 12 heteroatoms. The summed E-state index contributed by atoms with van der Waals surface area (Å²) >= 11 is 0. The predicted molar refractivity (Wildman–Crippen MR) is 173 cm³/mol. The molecule has 5 heterocycles. The zero-order chi connectivity index (χ0) is 32.7. The second-order valence-electron chi connectivity index (χ2n) is 11.9. The number of halogens is 2. The zero-order valence-electron chi connectivity index (χ0n) is 26.0. The molecule has 0 spiro atoms. The number of phenolic OH excluding ortho intramolecular Hbond substituents is 1. The molecule has 3 aliphatic heterocycles. The highest BCUT2D eigenvalue weighted by atomic mass is 19.1. The van der Waals surface area contributed by atoms with Crippen LogP contribution in [0.1, 0.15) is 30.4 Å². The standard InChI is InChI=1S/C28H22FN3O6.C7H12FN/c1-14-23-22(27(34)38-24(14)18-12-17(33)11-15-5-3-7-19(29)21(15)18)26(32-28(31-23)35-2)30-13-16-6-4-8-20-25(16)37-10-9-36-20;8-6-4-7-2-1-3-9(7)5-6/h3-8,11-12,33H,9-10,13H2,1-2H3,(H,30,31,32);6-7H,1-5H2. The molecule has 10 nitrogen and oxygen atoms in total. The number of aromatic hydroxyl groups is 1. The molecule has 244 valence electrons. The Morgan fingerprint density at radius 3 is 2.77 bits per heavy atom. The minimum Gasteiger partial charge on any atom is -0.508 e. The Hall–Kier alpha value is -4.97. The van der Waals surface area contributed by atoms with Gasteiger partial charge in [-0.05, 0) is 62.4 Å². The van der Waals surface area contributed by atoms with Crippen LogP contribution in [0.4, 0.5) is 14.6 Å². The SMILES string of the molecule is COc1nc(NCc2cccc3c2OCCO3)c2c(=O)oc(-c3cc(O)cc4cccc(F)c34)c(C)c2n1.FC1CC2CCCN2C1. The Labute approximate surface area is 268 Å². The van der Waals surface area contributed by atoms with Gasteiger partial charge in [0.1, 0.15) is 47.9 Å². The molecule has 3 aromatic carbocycles. The Bertz CT molecular complexity index is 2020. The molecule has 2 atom stereocenters. The predicted octanol–water partition coefficient (Wildman–Crippen LogP) is 6.14. The number of para-hydroxylation sites is 1. The summed E-state index contributed by atoms with van der Waals surface area (Å²) in [6.45, 7) is 4.73. The lowest BCUT2D eigenvalue weighted by Gasteiger charge is -2.21. The first-order valence-electron chi connectivity index (χ1n) is 15.6. The first-order valence-corrected chi connectivity index (χ1v) is 15.6. The van der Waals surface area contributed by atoms with Crippen LogP contribution >= 0.6 is 0 Å². The smallest absolute Gasteiger partial charge is 0.349 e. The van der Waals surface area contributed by atoms with Crippen molar-refractivity contribution < 1.29 is 32.5 Å². The van der Waals surface area contributed by atoms with E-state index in [1.807, 2.05) is 18.2 Å². The zero-order valence-corrected chi connectivity index (χ0v) is 26.0. The summed E-state index contributed by atoms with van der Waals surface area (Å²) in [5, 5.41) is 14.3. The second-order valence-corrected chi connectivity index (χ2v) is 11.9. The average molecular weight is 645 g/mol. The molecule has 0 saturated carbocycles. The van der Waals surface area contributed by atoms with Gasteiger partial charge in [-0.25, -0.2) is 13.6 Å². The van der Waals surface area contributed by atoms with Crippen molar-refractivity contribution in [3.8, 4) is 34.6 Å². The van der Waals surface area contributed by atoms with Crippen LogP contribution < -0.4 is 25.2 Å². The molecule has 3 aliphatic rings. The van der Waals surface area contributed by atoms with Gasteiger partial charge in [-0.2, -0.15) is 9.97 Å². The molecule has 0 radical (unpaired) electrons. The number of hydrogen-bond donors (Lipinski definition) is 2. The molecular formula is C35H34F2N4O6. The van der Waals surface area contributed by atoms with E-state index in [1.165, 1.54) is 38.2 Å². The summed E-state index contributed by atoms with van der Waals surface area (Å²) in [4.78, 5) is 24.4. The Kier molecular flexibility index (Phi) is 8.27. The number of ether oxygens (including phenoxy) is 3. The number of alkyl halides is 1. The minimum absolute atomic E-state index is 0.0290. The fraction of sp³-hybridized carbons (Fsp3) is 0.343. The van der Waals surface area contributed by atoms with Gasteiger partial charge in [-0.1, -0.05) is 24.3 Å². The largest absolute Gasteiger partial charge is 0.508 e. The van der Waals surface area contributed by atoms with E-state index in [9.17, 15) is 18.7 Å². The highest BCUT2D eigenvalue weighted by Crippen LogP contribution is 2.38. The van der Waals surface area contributed by atoms with E-state index in [4.69, 9.17) is 18.6 Å². The van der Waals surface area contributed by atoms with E-state index in [0.717, 1.165) is 18.5 Å². The van der Waals surface area contributed by atoms with E-state index in [0.29, 0.717) is 48.2 Å². The van der Waals surface area contributed by atoms with Gasteiger partial charge in [-0.15, -0.1) is 0 Å². The van der Waals surface area contributed by atoms with Gasteiger partial charge < -0.3 is 29.1 Å². The fourth-order valence-electron chi connectivity index (χ4n) is 6.73. The number of benzene rings is 3. The van der Waals surface area contributed by atoms with Crippen molar-refractivity contribution in [2.75, 3.05) is 38.7 Å². The topological polar surface area (TPSA) is 119 Å². The fourth-order valence-corrected chi connectivity index (χ4v) is 6.73. The molecule has 2 aromatic heterocycles. The van der Waals surface area contributed by atoms with Crippen LogP contribution in [-0.4, -0.2) is 65.6 Å². The number of anilines is 1. The Morgan fingerprint density at radius 1 is 1.11 bits per heavy atom. The van der Waals surface area contributed by atoms with Crippen molar-refractivity contribution in [3.05, 3.63) is 75.9 Å². The number of hydrogen-bond acceptors (Lipinski definition) is 10. The maximum Gasteiger partial charge on any atom is 0.349 e. The molecule has 2 N–H and O–H groups in total. The number of phenols is 1. The van der Waals surface area contributed by atoms with E-state index in [-0.39, 0.29) is 51.7 Å². The van der Waals surface area contributed by atoms with Crippen LogP contribution in [-0.2, 0) is 6.54 Å². The van der Waals surface area contributed by atoms with Crippen LogP contribution in [0.15, 0.2) is 57.7 Å². The van der Waals surface area contributed by atoms with Crippen molar-refractivity contribution >= 4 is 27.5 Å². The number of aryl methyl sites for hydroxylation is 1. The first kappa shape index (κ1) is 30.7. The molecule has 0 amide bonds. The number of fused-ring (bicyclic) bond motifs is 4. The van der Waals surface area contributed by atoms with Gasteiger partial charge in [0.15, 0.2) is 11.5 Å². The third kappa shape index (κ3) is 5.89. The van der Waals surface area contributed by atoms with Crippen molar-refractivity contribution in [1.29, 1.82) is 0 Å². The van der Waals surface area contributed by atoms with Crippen molar-refractivity contribution in [2.45, 2.75) is 44.9 Å². The lowest BCUT2D eigenvalue weighted by Crippen LogP contribution is -2.22. The summed E-state index contributed by atoms with van der Waals surface area (Å²) in [6, 6.07) is 13.5. The highest BCUT2D eigenvalue weighted by Gasteiger charge is 2.34. The van der Waals surface area contributed by atoms with Crippen molar-refractivity contribution in [3.63, 3.8) is 0 Å². The van der Waals surface area contributed by atoms with E-state index >= 15 is 0 Å². The number of nitrogens with zero attached hydrogens (tertiary/aromatic N) is 3. The molecule has 0 bridgehead atoms. The third-order valence-electron chi connectivity index (χ3n) is 8.87. The first-order chi connectivity index (χ1) is 22.8. The summed E-state index contributed by atoms with van der Waals surface area (Å²) in [6.07, 6.45) is 2.81. The van der Waals surface area contributed by atoms with Gasteiger partial charge in [0.05, 0.1) is 12.6 Å². The minimum atomic E-state index is -0.728. The van der Waals surface area contributed by atoms with Gasteiger partial charge >= 0.3 is 11.6 Å². The third-order valence-corrected chi connectivity index (χ3v) is 8.87. The molecule has 0 aliphatic carbocycles. The van der Waals surface area contributed by atoms with Gasteiger partial charge in [0.2, 0.25) is 0 Å². The van der Waals surface area contributed by atoms with Crippen molar-refractivity contribution in [2.24, 2.45) is 0 Å².